The van der Waals surface area contributed by atoms with Gasteiger partial charge in [-0.15, -0.1) is 0 Å². The second kappa shape index (κ2) is 10.5. The Bertz CT molecular complexity index is 1710. The predicted octanol–water partition coefficient (Wildman–Crippen LogP) is 1.88. The molecule has 0 saturated carbocycles. The first-order chi connectivity index (χ1) is 15.9. The summed E-state index contributed by atoms with van der Waals surface area (Å²) in [6.07, 6.45) is 2.90. The van der Waals surface area contributed by atoms with Crippen molar-refractivity contribution in [1.29, 1.82) is 5.41 Å². The molecule has 1 aliphatic rings. The highest BCUT2D eigenvalue weighted by molar-refractivity contribution is 7.90. The quantitative estimate of drug-likeness (QED) is 0.221. The van der Waals surface area contributed by atoms with Gasteiger partial charge in [0, 0.05) is 11.3 Å². The lowest BCUT2D eigenvalue weighted by molar-refractivity contribution is 0.463. The Labute approximate surface area is 213 Å². The molecule has 202 valence electrons. The molecule has 0 saturated heterocycles. The van der Waals surface area contributed by atoms with E-state index in [4.69, 9.17) is 16.9 Å². The number of aryl methyl sites for hydroxylation is 1. The van der Waals surface area contributed by atoms with E-state index < -0.39 is 56.4 Å². The zero-order valence-corrected chi connectivity index (χ0v) is 22.2. The first-order valence-corrected chi connectivity index (χ1v) is 13.6. The van der Waals surface area contributed by atoms with Crippen LogP contribution in [0.4, 0.5) is 11.4 Å². The minimum Gasteiger partial charge on any atom is -0.744 e. The van der Waals surface area contributed by atoms with Gasteiger partial charge in [0.2, 0.25) is 0 Å². The Morgan fingerprint density at radius 2 is 1.51 bits per heavy atom. The Hall–Kier alpha value is -3.42. The van der Waals surface area contributed by atoms with Gasteiger partial charge in [0.1, 0.15) is 25.1 Å². The van der Waals surface area contributed by atoms with E-state index in [1.807, 2.05) is 0 Å². The number of hydrogen-bond donors (Lipinski definition) is 6. The fraction of sp³-hybridized carbons (Fsp3) is 0.0500. The number of rotatable bonds is 5. The lowest BCUT2D eigenvalue weighted by Crippen LogP contribution is -2.14. The maximum Gasteiger partial charge on any atom is 0.297 e. The second-order valence-electron chi connectivity index (χ2n) is 7.39. The molecule has 14 nitrogen and oxygen atoms in total. The molecule has 0 atom stereocenters. The number of quaternary nitrogens is 2. The Morgan fingerprint density at radius 3 is 2.03 bits per heavy atom. The van der Waals surface area contributed by atoms with E-state index in [1.54, 1.807) is 0 Å². The zero-order chi connectivity index (χ0) is 26.5. The molecular weight excluding hydrogens is 550 g/mol. The van der Waals surface area contributed by atoms with E-state index in [0.29, 0.717) is 0 Å². The molecular formula is C20H25N5O9S3. The third-order valence-electron chi connectivity index (χ3n) is 5.05. The number of allylic oxidation sites excluding steroid dienone is 5. The first-order valence-electron chi connectivity index (χ1n) is 9.34. The van der Waals surface area contributed by atoms with Crippen LogP contribution in [0.25, 0.3) is 5.57 Å². The SMILES string of the molecule is Cc1ccc(/C(=C2\C=CC(=N)C(S(=O)(=O)[O-])=C2)c2ccc(N)c(S(=O)(=O)[O-])c2)c(S(=O)(=O)O)c1N.[NH4+].[NH4+]. The van der Waals surface area contributed by atoms with Crippen LogP contribution >= 0.6 is 0 Å². The van der Waals surface area contributed by atoms with Crippen molar-refractivity contribution in [3.8, 4) is 0 Å². The zero-order valence-electron chi connectivity index (χ0n) is 19.7. The molecule has 2 aromatic rings. The molecule has 0 unspecified atom stereocenters. The summed E-state index contributed by atoms with van der Waals surface area (Å²) in [5.41, 5.74) is 9.52. The summed E-state index contributed by atoms with van der Waals surface area (Å²) in [4.78, 5) is -2.58. The number of benzene rings is 2. The van der Waals surface area contributed by atoms with Crippen molar-refractivity contribution in [2.45, 2.75) is 16.7 Å². The van der Waals surface area contributed by atoms with E-state index in [-0.39, 0.29) is 45.8 Å². The summed E-state index contributed by atoms with van der Waals surface area (Å²) in [6.45, 7) is 1.45. The van der Waals surface area contributed by atoms with Crippen molar-refractivity contribution in [2.75, 3.05) is 11.5 Å². The van der Waals surface area contributed by atoms with Gasteiger partial charge in [-0.25, -0.2) is 16.8 Å². The topological polar surface area (TPSA) is 318 Å². The average molecular weight is 576 g/mol. The van der Waals surface area contributed by atoms with Gasteiger partial charge < -0.3 is 32.9 Å². The highest BCUT2D eigenvalue weighted by Crippen LogP contribution is 2.39. The van der Waals surface area contributed by atoms with Gasteiger partial charge in [0.15, 0.2) is 0 Å². The van der Waals surface area contributed by atoms with Crippen LogP contribution < -0.4 is 23.8 Å². The first kappa shape index (κ1) is 31.6. The van der Waals surface area contributed by atoms with E-state index in [1.165, 1.54) is 25.1 Å². The molecule has 2 aromatic carbocycles. The molecule has 0 bridgehead atoms. The van der Waals surface area contributed by atoms with Crippen LogP contribution in [0, 0.1) is 12.3 Å². The van der Waals surface area contributed by atoms with Crippen molar-refractivity contribution in [1.82, 2.24) is 12.3 Å². The summed E-state index contributed by atoms with van der Waals surface area (Å²) in [6, 6.07) is 5.69. The molecule has 0 heterocycles. The largest absolute Gasteiger partial charge is 0.744 e. The summed E-state index contributed by atoms with van der Waals surface area (Å²) in [5.74, 6) is 0. The van der Waals surface area contributed by atoms with Crippen LogP contribution in [0.3, 0.4) is 0 Å². The minimum absolute atomic E-state index is 0. The number of nitrogens with two attached hydrogens (primary N) is 2. The molecule has 0 radical (unpaired) electrons. The average Bonchev–Trinajstić information content (AvgIpc) is 2.70. The number of hydrogen-bond acceptors (Lipinski definition) is 11. The van der Waals surface area contributed by atoms with Crippen LogP contribution in [-0.2, 0) is 30.4 Å². The van der Waals surface area contributed by atoms with E-state index >= 15 is 0 Å². The molecule has 37 heavy (non-hydrogen) atoms. The van der Waals surface area contributed by atoms with E-state index in [0.717, 1.165) is 30.4 Å². The third kappa shape index (κ3) is 6.29. The molecule has 0 amide bonds. The van der Waals surface area contributed by atoms with E-state index in [9.17, 15) is 38.9 Å². The van der Waals surface area contributed by atoms with Crippen molar-refractivity contribution >= 4 is 53.0 Å². The number of nitrogens with one attached hydrogen (secondary N) is 1. The maximum atomic E-state index is 12.3. The predicted molar refractivity (Wildman–Crippen MR) is 137 cm³/mol. The normalized spacial score (nSPS) is 15.4. The number of anilines is 2. The van der Waals surface area contributed by atoms with Gasteiger partial charge in [0.25, 0.3) is 10.1 Å². The van der Waals surface area contributed by atoms with Crippen molar-refractivity contribution in [3.05, 3.63) is 75.7 Å². The van der Waals surface area contributed by atoms with Crippen LogP contribution in [0.1, 0.15) is 16.7 Å². The summed E-state index contributed by atoms with van der Waals surface area (Å²) in [7, 11) is -15.3. The Balaban J connectivity index is 0.00000342. The highest BCUT2D eigenvalue weighted by atomic mass is 32.2. The lowest BCUT2D eigenvalue weighted by Gasteiger charge is -2.21. The fourth-order valence-corrected chi connectivity index (χ4v) is 5.57. The molecule has 17 heteroatoms. The van der Waals surface area contributed by atoms with Gasteiger partial charge in [-0.3, -0.25) is 9.96 Å². The number of nitrogen functional groups attached to an aromatic ring is 2. The molecule has 0 aliphatic heterocycles. The minimum atomic E-state index is -5.15. The van der Waals surface area contributed by atoms with Crippen LogP contribution in [0.15, 0.2) is 68.8 Å². The van der Waals surface area contributed by atoms with Crippen molar-refractivity contribution in [2.24, 2.45) is 0 Å². The Kier molecular flexibility index (Phi) is 8.99. The fourth-order valence-electron chi connectivity index (χ4n) is 3.44. The monoisotopic (exact) mass is 575 g/mol. The lowest BCUT2D eigenvalue weighted by atomic mass is 9.89. The molecule has 0 fully saturated rings. The second-order valence-corrected chi connectivity index (χ2v) is 11.4. The summed E-state index contributed by atoms with van der Waals surface area (Å²) < 4.78 is 105. The van der Waals surface area contributed by atoms with Crippen LogP contribution in [0.5, 0.6) is 0 Å². The Morgan fingerprint density at radius 1 is 0.919 bits per heavy atom. The van der Waals surface area contributed by atoms with Crippen molar-refractivity contribution < 1.29 is 38.9 Å². The highest BCUT2D eigenvalue weighted by Gasteiger charge is 2.27. The smallest absolute Gasteiger partial charge is 0.297 e. The van der Waals surface area contributed by atoms with E-state index in [2.05, 4.69) is 0 Å². The van der Waals surface area contributed by atoms with Crippen molar-refractivity contribution in [3.63, 3.8) is 0 Å². The van der Waals surface area contributed by atoms with Crippen LogP contribution in [0.2, 0.25) is 0 Å². The van der Waals surface area contributed by atoms with Gasteiger partial charge in [-0.2, -0.15) is 8.42 Å². The standard InChI is InChI=1S/C20H19N3O9S3.2H3N/c1-10-2-5-13(20(19(10)23)35(30,31)32)18(11-3-6-14(21)16(8-11)33(24,25)26)12-4-7-15(22)17(9-12)34(27,28)29;;/h2-9,21H,22-23H2,1H3,(H,24,25,26)(H,27,28,29)(H,30,31,32);2*1H3/b18-11+,21-14?;;. The van der Waals surface area contributed by atoms with Gasteiger partial charge in [-0.05, 0) is 53.5 Å². The maximum absolute atomic E-state index is 12.3. The molecule has 0 aromatic heterocycles. The third-order valence-corrected chi connectivity index (χ3v) is 7.78. The van der Waals surface area contributed by atoms with Gasteiger partial charge >= 0.3 is 0 Å². The molecule has 14 N–H and O–H groups in total. The molecule has 0 spiro atoms. The molecule has 1 aliphatic carbocycles. The van der Waals surface area contributed by atoms with Gasteiger partial charge in [-0.1, -0.05) is 24.3 Å². The van der Waals surface area contributed by atoms with Crippen LogP contribution in [-0.4, -0.2) is 44.6 Å². The molecule has 3 rings (SSSR count). The van der Waals surface area contributed by atoms with Gasteiger partial charge in [0.05, 0.1) is 21.2 Å². The summed E-state index contributed by atoms with van der Waals surface area (Å²) in [5, 5.41) is 7.74. The summed E-state index contributed by atoms with van der Waals surface area (Å²) >= 11 is 0.